The van der Waals surface area contributed by atoms with Gasteiger partial charge >= 0.3 is 6.61 Å². The maximum Gasteiger partial charge on any atom is 0.387 e. The van der Waals surface area contributed by atoms with Crippen LogP contribution in [0.15, 0.2) is 18.2 Å². The molecule has 0 radical (unpaired) electrons. The van der Waals surface area contributed by atoms with E-state index in [2.05, 4.69) is 21.9 Å². The van der Waals surface area contributed by atoms with E-state index < -0.39 is 11.5 Å². The Kier molecular flexibility index (Phi) is 6.09. The van der Waals surface area contributed by atoms with Crippen LogP contribution in [0.5, 0.6) is 5.75 Å². The Hall–Kier alpha value is -1.96. The lowest BCUT2D eigenvalue weighted by Gasteiger charge is -2.32. The number of nitrogens with one attached hydrogen (secondary N) is 1. The summed E-state index contributed by atoms with van der Waals surface area (Å²) in [4.78, 5) is 12.5. The summed E-state index contributed by atoms with van der Waals surface area (Å²) in [6, 6.07) is 3.88. The largest absolute Gasteiger partial charge is 0.432 e. The third-order valence-corrected chi connectivity index (χ3v) is 3.88. The van der Waals surface area contributed by atoms with Gasteiger partial charge in [0.1, 0.15) is 0 Å². The van der Waals surface area contributed by atoms with E-state index in [4.69, 9.17) is 0 Å². The zero-order chi connectivity index (χ0) is 16.8. The zero-order valence-corrected chi connectivity index (χ0v) is 13.0. The number of alkyl halides is 2. The van der Waals surface area contributed by atoms with Gasteiger partial charge in [-0.3, -0.25) is 10.1 Å². The molecule has 1 fully saturated rings. The Morgan fingerprint density at radius 3 is 2.70 bits per heavy atom. The first-order chi connectivity index (χ1) is 11.0. The Morgan fingerprint density at radius 2 is 2.13 bits per heavy atom. The first-order valence-electron chi connectivity index (χ1n) is 7.71. The number of nitrogens with zero attached hydrogens (tertiary/aromatic N) is 2. The summed E-state index contributed by atoms with van der Waals surface area (Å²) in [5.74, 6) is -0.190. The minimum absolute atomic E-state index is 0.143. The molecule has 1 saturated heterocycles. The summed E-state index contributed by atoms with van der Waals surface area (Å²) >= 11 is 0. The normalized spacial score (nSPS) is 16.5. The minimum atomic E-state index is -3.02. The number of anilines is 1. The van der Waals surface area contributed by atoms with Crippen LogP contribution in [-0.2, 0) is 0 Å². The number of hydrogen-bond donors (Lipinski definition) is 1. The second kappa shape index (κ2) is 8.05. The molecule has 6 nitrogen and oxygen atoms in total. The average Bonchev–Trinajstić information content (AvgIpc) is 2.50. The van der Waals surface area contributed by atoms with Crippen molar-refractivity contribution in [2.45, 2.75) is 38.8 Å². The van der Waals surface area contributed by atoms with Crippen LogP contribution in [-0.4, -0.2) is 42.1 Å². The Labute approximate surface area is 133 Å². The number of nitro groups is 1. The first-order valence-corrected chi connectivity index (χ1v) is 7.71. The number of halogens is 2. The smallest absolute Gasteiger partial charge is 0.387 e. The van der Waals surface area contributed by atoms with Crippen LogP contribution in [0.2, 0.25) is 0 Å². The number of likely N-dealkylation sites (tertiary alicyclic amines) is 1. The van der Waals surface area contributed by atoms with Crippen LogP contribution < -0.4 is 10.1 Å². The summed E-state index contributed by atoms with van der Waals surface area (Å²) in [5.41, 5.74) is 0.0915. The molecule has 1 aromatic rings. The fourth-order valence-corrected chi connectivity index (χ4v) is 2.77. The predicted octanol–water partition coefficient (Wildman–Crippen LogP) is 3.48. The van der Waals surface area contributed by atoms with Crippen LogP contribution >= 0.6 is 0 Å². The summed E-state index contributed by atoms with van der Waals surface area (Å²) in [6.07, 6.45) is 2.89. The summed E-state index contributed by atoms with van der Waals surface area (Å²) in [7, 11) is 0. The number of ether oxygens (including phenoxy) is 1. The van der Waals surface area contributed by atoms with Gasteiger partial charge in [0.05, 0.1) is 16.7 Å². The summed E-state index contributed by atoms with van der Waals surface area (Å²) < 4.78 is 29.5. The molecule has 0 atom stereocenters. The van der Waals surface area contributed by atoms with Gasteiger partial charge in [-0.2, -0.15) is 8.78 Å². The lowest BCUT2D eigenvalue weighted by molar-refractivity contribution is -0.385. The zero-order valence-electron chi connectivity index (χ0n) is 13.0. The van der Waals surface area contributed by atoms with E-state index in [0.717, 1.165) is 45.0 Å². The quantitative estimate of drug-likeness (QED) is 0.613. The van der Waals surface area contributed by atoms with Crippen molar-refractivity contribution >= 4 is 11.4 Å². The molecule has 1 aliphatic rings. The molecule has 23 heavy (non-hydrogen) atoms. The predicted molar refractivity (Wildman–Crippen MR) is 83.1 cm³/mol. The molecule has 1 aliphatic heterocycles. The molecular formula is C15H21F2N3O3. The van der Waals surface area contributed by atoms with Crippen LogP contribution in [0.25, 0.3) is 0 Å². The molecule has 0 aliphatic carbocycles. The lowest BCUT2D eigenvalue weighted by Crippen LogP contribution is -2.39. The van der Waals surface area contributed by atoms with Gasteiger partial charge in [-0.1, -0.05) is 6.92 Å². The molecule has 0 saturated carbocycles. The number of hydrogen-bond acceptors (Lipinski definition) is 5. The van der Waals surface area contributed by atoms with E-state index in [1.54, 1.807) is 0 Å². The van der Waals surface area contributed by atoms with Crippen LogP contribution in [0.1, 0.15) is 26.2 Å². The molecule has 1 aromatic carbocycles. The van der Waals surface area contributed by atoms with Crippen LogP contribution in [0.4, 0.5) is 20.2 Å². The second-order valence-corrected chi connectivity index (χ2v) is 5.58. The molecule has 0 amide bonds. The molecule has 0 bridgehead atoms. The highest BCUT2D eigenvalue weighted by atomic mass is 19.3. The summed E-state index contributed by atoms with van der Waals surface area (Å²) in [5, 5.41) is 14.0. The third-order valence-electron chi connectivity index (χ3n) is 3.88. The number of piperidine rings is 1. The number of non-ortho nitro benzene ring substituents is 1. The molecule has 128 valence electrons. The highest BCUT2D eigenvalue weighted by Crippen LogP contribution is 2.32. The number of benzene rings is 1. The molecule has 8 heteroatoms. The molecular weight excluding hydrogens is 308 g/mol. The SMILES string of the molecule is CCCN1CCC(Nc2ccc([N+](=O)[O-])cc2OC(F)F)CC1. The lowest BCUT2D eigenvalue weighted by atomic mass is 10.0. The van der Waals surface area contributed by atoms with E-state index >= 15 is 0 Å². The van der Waals surface area contributed by atoms with Crippen molar-refractivity contribution in [2.75, 3.05) is 25.0 Å². The van der Waals surface area contributed by atoms with Gasteiger partial charge in [0.15, 0.2) is 5.75 Å². The van der Waals surface area contributed by atoms with Gasteiger partial charge in [0, 0.05) is 25.2 Å². The average molecular weight is 329 g/mol. The molecule has 0 aromatic heterocycles. The highest BCUT2D eigenvalue weighted by molar-refractivity contribution is 5.61. The van der Waals surface area contributed by atoms with Gasteiger partial charge in [-0.15, -0.1) is 0 Å². The molecule has 2 rings (SSSR count). The Bertz CT molecular complexity index is 535. The van der Waals surface area contributed by atoms with Gasteiger partial charge < -0.3 is 15.0 Å². The molecule has 0 unspecified atom stereocenters. The van der Waals surface area contributed by atoms with E-state index in [1.807, 2.05) is 0 Å². The van der Waals surface area contributed by atoms with Crippen molar-refractivity contribution in [2.24, 2.45) is 0 Å². The van der Waals surface area contributed by atoms with E-state index in [9.17, 15) is 18.9 Å². The van der Waals surface area contributed by atoms with Crippen molar-refractivity contribution in [3.63, 3.8) is 0 Å². The minimum Gasteiger partial charge on any atom is -0.432 e. The Morgan fingerprint density at radius 1 is 1.43 bits per heavy atom. The third kappa shape index (κ3) is 5.02. The molecule has 1 N–H and O–H groups in total. The standard InChI is InChI=1S/C15H21F2N3O3/c1-2-7-19-8-5-11(6-9-19)18-13-4-3-12(20(21)22)10-14(13)23-15(16)17/h3-4,10-11,15,18H,2,5-9H2,1H3. The fraction of sp³-hybridized carbons (Fsp3) is 0.600. The van der Waals surface area contributed by atoms with Crippen molar-refractivity contribution in [1.82, 2.24) is 4.90 Å². The van der Waals surface area contributed by atoms with E-state index in [1.165, 1.54) is 12.1 Å². The van der Waals surface area contributed by atoms with E-state index in [-0.39, 0.29) is 17.5 Å². The Balaban J connectivity index is 2.05. The molecule has 0 spiro atoms. The van der Waals surface area contributed by atoms with Crippen molar-refractivity contribution < 1.29 is 18.4 Å². The monoisotopic (exact) mass is 329 g/mol. The number of nitro benzene ring substituents is 1. The highest BCUT2D eigenvalue weighted by Gasteiger charge is 2.21. The second-order valence-electron chi connectivity index (χ2n) is 5.58. The van der Waals surface area contributed by atoms with Crippen LogP contribution in [0.3, 0.4) is 0 Å². The summed E-state index contributed by atoms with van der Waals surface area (Å²) in [6.45, 7) is 2.07. The topological polar surface area (TPSA) is 67.6 Å². The van der Waals surface area contributed by atoms with Crippen molar-refractivity contribution in [3.8, 4) is 5.75 Å². The number of rotatable bonds is 7. The maximum atomic E-state index is 12.5. The van der Waals surface area contributed by atoms with Gasteiger partial charge in [0.2, 0.25) is 0 Å². The van der Waals surface area contributed by atoms with Crippen molar-refractivity contribution in [3.05, 3.63) is 28.3 Å². The van der Waals surface area contributed by atoms with Crippen LogP contribution in [0, 0.1) is 10.1 Å². The van der Waals surface area contributed by atoms with Gasteiger partial charge in [-0.25, -0.2) is 0 Å². The van der Waals surface area contributed by atoms with E-state index in [0.29, 0.717) is 5.69 Å². The molecule has 1 heterocycles. The van der Waals surface area contributed by atoms with Gasteiger partial charge in [-0.05, 0) is 31.9 Å². The first kappa shape index (κ1) is 17.4. The fourth-order valence-electron chi connectivity index (χ4n) is 2.77. The maximum absolute atomic E-state index is 12.5. The van der Waals surface area contributed by atoms with Gasteiger partial charge in [0.25, 0.3) is 5.69 Å². The van der Waals surface area contributed by atoms with Crippen molar-refractivity contribution in [1.29, 1.82) is 0 Å².